The first-order chi connectivity index (χ1) is 11.1. The number of halogens is 1. The number of nitrogens with zero attached hydrogens (tertiary/aromatic N) is 1. The molecular formula is C17H17BrN2O2S. The zero-order valence-corrected chi connectivity index (χ0v) is 15.0. The molecule has 0 aliphatic carbocycles. The third-order valence-corrected chi connectivity index (χ3v) is 5.41. The largest absolute Gasteiger partial charge is 0.347 e. The van der Waals surface area contributed by atoms with E-state index in [9.17, 15) is 9.59 Å². The van der Waals surface area contributed by atoms with E-state index in [-0.39, 0.29) is 11.8 Å². The van der Waals surface area contributed by atoms with Crippen LogP contribution in [0, 0.1) is 0 Å². The van der Waals surface area contributed by atoms with E-state index >= 15 is 0 Å². The molecule has 2 aromatic rings. The maximum Gasteiger partial charge on any atom is 0.251 e. The maximum absolute atomic E-state index is 12.3. The zero-order chi connectivity index (χ0) is 16.2. The van der Waals surface area contributed by atoms with Crippen LogP contribution in [0.1, 0.15) is 33.6 Å². The summed E-state index contributed by atoms with van der Waals surface area (Å²) in [6.45, 7) is 1.91. The molecule has 1 aromatic heterocycles. The van der Waals surface area contributed by atoms with Gasteiger partial charge in [-0.15, -0.1) is 11.3 Å². The highest BCUT2D eigenvalue weighted by molar-refractivity contribution is 9.11. The molecule has 2 heterocycles. The minimum Gasteiger partial charge on any atom is -0.347 e. The van der Waals surface area contributed by atoms with E-state index in [1.807, 2.05) is 35.2 Å². The van der Waals surface area contributed by atoms with Crippen molar-refractivity contribution in [1.29, 1.82) is 0 Å². The molecular weight excluding hydrogens is 376 g/mol. The molecule has 0 spiro atoms. The number of rotatable bonds is 5. The van der Waals surface area contributed by atoms with Crippen LogP contribution in [0.5, 0.6) is 0 Å². The molecule has 0 saturated carbocycles. The number of carbonyl (C=O) groups is 2. The Bertz CT molecular complexity index is 729. The van der Waals surface area contributed by atoms with Gasteiger partial charge in [0.25, 0.3) is 5.91 Å². The Morgan fingerprint density at radius 2 is 2.17 bits per heavy atom. The lowest BCUT2D eigenvalue weighted by Gasteiger charge is -2.16. The minimum absolute atomic E-state index is 0.0934. The number of amides is 2. The third kappa shape index (κ3) is 4.20. The summed E-state index contributed by atoms with van der Waals surface area (Å²) in [4.78, 5) is 26.9. The van der Waals surface area contributed by atoms with Crippen LogP contribution in [0.3, 0.4) is 0 Å². The average Bonchev–Trinajstić information content (AvgIpc) is 3.14. The Morgan fingerprint density at radius 1 is 1.30 bits per heavy atom. The van der Waals surface area contributed by atoms with E-state index in [4.69, 9.17) is 0 Å². The van der Waals surface area contributed by atoms with Crippen molar-refractivity contribution >= 4 is 39.1 Å². The first kappa shape index (κ1) is 16.2. The van der Waals surface area contributed by atoms with Crippen LogP contribution in [-0.4, -0.2) is 23.3 Å². The summed E-state index contributed by atoms with van der Waals surface area (Å²) in [5.41, 5.74) is 1.62. The van der Waals surface area contributed by atoms with Gasteiger partial charge in [-0.2, -0.15) is 0 Å². The molecule has 1 aliphatic rings. The lowest BCUT2D eigenvalue weighted by atomic mass is 10.1. The topological polar surface area (TPSA) is 49.4 Å². The Hall–Kier alpha value is -1.66. The lowest BCUT2D eigenvalue weighted by Crippen LogP contribution is -2.25. The van der Waals surface area contributed by atoms with E-state index in [2.05, 4.69) is 21.2 Å². The second kappa shape index (κ2) is 7.27. The van der Waals surface area contributed by atoms with Gasteiger partial charge in [0.05, 0.1) is 10.3 Å². The first-order valence-corrected chi connectivity index (χ1v) is 9.12. The van der Waals surface area contributed by atoms with Gasteiger partial charge < -0.3 is 10.2 Å². The van der Waals surface area contributed by atoms with Crippen LogP contribution in [0.4, 0.5) is 0 Å². The van der Waals surface area contributed by atoms with Crippen LogP contribution in [-0.2, 0) is 17.9 Å². The van der Waals surface area contributed by atoms with Gasteiger partial charge in [-0.05, 0) is 52.2 Å². The first-order valence-electron chi connectivity index (χ1n) is 7.51. The molecule has 1 aliphatic heterocycles. The molecule has 2 amide bonds. The molecule has 4 nitrogen and oxygen atoms in total. The van der Waals surface area contributed by atoms with Gasteiger partial charge >= 0.3 is 0 Å². The van der Waals surface area contributed by atoms with E-state index in [1.165, 1.54) is 0 Å². The number of hydrogen-bond acceptors (Lipinski definition) is 3. The van der Waals surface area contributed by atoms with Crippen molar-refractivity contribution in [2.75, 3.05) is 6.54 Å². The highest BCUT2D eigenvalue weighted by Gasteiger charge is 2.20. The summed E-state index contributed by atoms with van der Waals surface area (Å²) in [6, 6.07) is 11.5. The number of hydrogen-bond donors (Lipinski definition) is 1. The number of carbonyl (C=O) groups excluding carboxylic acids is 2. The molecule has 1 fully saturated rings. The zero-order valence-electron chi connectivity index (χ0n) is 12.5. The minimum atomic E-state index is -0.0934. The molecule has 3 rings (SSSR count). The standard InChI is InChI=1S/C17H17BrN2O2S/c18-15-7-6-14(23-15)10-19-17(22)13-4-1-3-12(9-13)11-20-8-2-5-16(20)21/h1,3-4,6-7,9H,2,5,8,10-11H2,(H,19,22). The van der Waals surface area contributed by atoms with Crippen molar-refractivity contribution in [2.24, 2.45) is 0 Å². The quantitative estimate of drug-likeness (QED) is 0.845. The summed E-state index contributed by atoms with van der Waals surface area (Å²) in [6.07, 6.45) is 1.56. The van der Waals surface area contributed by atoms with Crippen molar-refractivity contribution in [1.82, 2.24) is 10.2 Å². The van der Waals surface area contributed by atoms with Crippen molar-refractivity contribution in [3.8, 4) is 0 Å². The lowest BCUT2D eigenvalue weighted by molar-refractivity contribution is -0.128. The molecule has 0 bridgehead atoms. The Morgan fingerprint density at radius 3 is 2.87 bits per heavy atom. The summed E-state index contributed by atoms with van der Waals surface area (Å²) >= 11 is 5.02. The number of thiophene rings is 1. The molecule has 6 heteroatoms. The predicted octanol–water partition coefficient (Wildman–Crippen LogP) is 3.56. The van der Waals surface area contributed by atoms with Crippen molar-refractivity contribution in [3.05, 3.63) is 56.2 Å². The van der Waals surface area contributed by atoms with Gasteiger partial charge in [-0.25, -0.2) is 0 Å². The third-order valence-electron chi connectivity index (χ3n) is 3.79. The van der Waals surface area contributed by atoms with Crippen molar-refractivity contribution in [2.45, 2.75) is 25.9 Å². The Balaban J connectivity index is 1.61. The summed E-state index contributed by atoms with van der Waals surface area (Å²) in [5.74, 6) is 0.104. The molecule has 23 heavy (non-hydrogen) atoms. The highest BCUT2D eigenvalue weighted by atomic mass is 79.9. The highest BCUT2D eigenvalue weighted by Crippen LogP contribution is 2.22. The SMILES string of the molecule is O=C(NCc1ccc(Br)s1)c1cccc(CN2CCCC2=O)c1. The fourth-order valence-corrected chi connectivity index (χ4v) is 4.04. The maximum atomic E-state index is 12.3. The van der Waals surface area contributed by atoms with Gasteiger partial charge in [-0.3, -0.25) is 9.59 Å². The molecule has 120 valence electrons. The Labute approximate surface area is 147 Å². The average molecular weight is 393 g/mol. The molecule has 0 atom stereocenters. The fourth-order valence-electron chi connectivity index (χ4n) is 2.62. The predicted molar refractivity (Wildman–Crippen MR) is 94.3 cm³/mol. The summed E-state index contributed by atoms with van der Waals surface area (Å²) < 4.78 is 1.05. The molecule has 1 aromatic carbocycles. The van der Waals surface area contributed by atoms with Crippen LogP contribution in [0.15, 0.2) is 40.2 Å². The molecule has 1 saturated heterocycles. The molecule has 0 unspecified atom stereocenters. The van der Waals surface area contributed by atoms with Crippen LogP contribution < -0.4 is 5.32 Å². The van der Waals surface area contributed by atoms with Crippen LogP contribution in [0.2, 0.25) is 0 Å². The van der Waals surface area contributed by atoms with Gasteiger partial charge in [0.2, 0.25) is 5.91 Å². The van der Waals surface area contributed by atoms with Gasteiger partial charge in [0.15, 0.2) is 0 Å². The van der Waals surface area contributed by atoms with E-state index in [0.717, 1.165) is 27.2 Å². The van der Waals surface area contributed by atoms with Gasteiger partial charge in [-0.1, -0.05) is 12.1 Å². The van der Waals surface area contributed by atoms with Gasteiger partial charge in [0, 0.05) is 30.0 Å². The fraction of sp³-hybridized carbons (Fsp3) is 0.294. The number of benzene rings is 1. The number of likely N-dealkylation sites (tertiary alicyclic amines) is 1. The second-order valence-corrected chi connectivity index (χ2v) is 8.06. The van der Waals surface area contributed by atoms with Crippen molar-refractivity contribution in [3.63, 3.8) is 0 Å². The smallest absolute Gasteiger partial charge is 0.251 e. The van der Waals surface area contributed by atoms with E-state index < -0.39 is 0 Å². The second-order valence-electron chi connectivity index (χ2n) is 5.51. The number of nitrogens with one attached hydrogen (secondary N) is 1. The normalized spacial score (nSPS) is 14.3. The Kier molecular flexibility index (Phi) is 5.13. The monoisotopic (exact) mass is 392 g/mol. The van der Waals surface area contributed by atoms with E-state index in [0.29, 0.717) is 25.1 Å². The van der Waals surface area contributed by atoms with Crippen LogP contribution in [0.25, 0.3) is 0 Å². The summed E-state index contributed by atoms with van der Waals surface area (Å²) in [5, 5.41) is 2.93. The molecule has 1 N–H and O–H groups in total. The van der Waals surface area contributed by atoms with Gasteiger partial charge in [0.1, 0.15) is 0 Å². The van der Waals surface area contributed by atoms with Crippen LogP contribution >= 0.6 is 27.3 Å². The van der Waals surface area contributed by atoms with E-state index in [1.54, 1.807) is 17.4 Å². The summed E-state index contributed by atoms with van der Waals surface area (Å²) in [7, 11) is 0. The van der Waals surface area contributed by atoms with Crippen molar-refractivity contribution < 1.29 is 9.59 Å². The molecule has 0 radical (unpaired) electrons.